The maximum Gasteiger partial charge on any atom is 0.306 e. The summed E-state index contributed by atoms with van der Waals surface area (Å²) in [6.07, 6.45) is 73.3. The van der Waals surface area contributed by atoms with Crippen molar-refractivity contribution in [2.75, 3.05) is 13.2 Å². The van der Waals surface area contributed by atoms with Gasteiger partial charge in [-0.1, -0.05) is 273 Å². The number of ether oxygens (including phenoxy) is 3. The fourth-order valence-corrected chi connectivity index (χ4v) is 8.33. The van der Waals surface area contributed by atoms with Crippen molar-refractivity contribution >= 4 is 17.9 Å². The Morgan fingerprint density at radius 3 is 0.884 bits per heavy atom. The van der Waals surface area contributed by atoms with Crippen LogP contribution in [0.5, 0.6) is 0 Å². The highest BCUT2D eigenvalue weighted by Gasteiger charge is 2.19. The standard InChI is InChI=1S/C63H110O6/c1-4-7-10-13-16-19-22-24-26-28-30-31-33-34-36-38-41-44-47-50-53-56-62(65)68-59-60(58-67-61(64)55-52-49-46-43-40-21-18-15-12-9-6-3)69-63(66)57-54-51-48-45-42-39-37-35-32-29-27-25-23-20-17-14-11-8-5-2/h7,10,16,19,24,26,30-31,34,36,41,44,60H,4-6,8-9,11-15,17-18,20-23,25,27-29,32-33,35,37-40,42-43,45-59H2,1-3H3/b10-7-,19-16-,26-24-,31-30-,36-34-,44-41-. The molecule has 0 fully saturated rings. The third-order valence-electron chi connectivity index (χ3n) is 12.7. The van der Waals surface area contributed by atoms with Crippen LogP contribution < -0.4 is 0 Å². The van der Waals surface area contributed by atoms with E-state index in [-0.39, 0.29) is 31.1 Å². The molecule has 398 valence electrons. The summed E-state index contributed by atoms with van der Waals surface area (Å²) in [5.41, 5.74) is 0. The van der Waals surface area contributed by atoms with E-state index in [0.29, 0.717) is 19.3 Å². The van der Waals surface area contributed by atoms with Gasteiger partial charge in [-0.2, -0.15) is 0 Å². The van der Waals surface area contributed by atoms with Crippen LogP contribution in [0.15, 0.2) is 72.9 Å². The van der Waals surface area contributed by atoms with Gasteiger partial charge in [-0.25, -0.2) is 0 Å². The van der Waals surface area contributed by atoms with Gasteiger partial charge in [0, 0.05) is 19.3 Å². The Bertz CT molecular complexity index is 1290. The van der Waals surface area contributed by atoms with Crippen LogP contribution in [-0.2, 0) is 28.6 Å². The van der Waals surface area contributed by atoms with E-state index >= 15 is 0 Å². The zero-order valence-corrected chi connectivity index (χ0v) is 45.6. The summed E-state index contributed by atoms with van der Waals surface area (Å²) in [7, 11) is 0. The number of hydrogen-bond donors (Lipinski definition) is 0. The molecule has 0 radical (unpaired) electrons. The molecule has 1 unspecified atom stereocenters. The van der Waals surface area contributed by atoms with E-state index in [0.717, 1.165) is 96.3 Å². The molecule has 0 amide bonds. The maximum absolute atomic E-state index is 12.9. The summed E-state index contributed by atoms with van der Waals surface area (Å²) in [5, 5.41) is 0. The maximum atomic E-state index is 12.9. The lowest BCUT2D eigenvalue weighted by Crippen LogP contribution is -2.30. The Labute approximate surface area is 427 Å². The van der Waals surface area contributed by atoms with E-state index < -0.39 is 6.10 Å². The van der Waals surface area contributed by atoms with Gasteiger partial charge in [0.15, 0.2) is 6.10 Å². The Kier molecular flexibility index (Phi) is 54.8. The van der Waals surface area contributed by atoms with E-state index in [1.807, 2.05) is 0 Å². The van der Waals surface area contributed by atoms with E-state index in [4.69, 9.17) is 14.2 Å². The summed E-state index contributed by atoms with van der Waals surface area (Å²) >= 11 is 0. The first-order valence-corrected chi connectivity index (χ1v) is 29.4. The molecule has 0 aliphatic heterocycles. The zero-order valence-electron chi connectivity index (χ0n) is 45.6. The number of unbranched alkanes of at least 4 members (excludes halogenated alkanes) is 30. The Morgan fingerprint density at radius 2 is 0.565 bits per heavy atom. The first-order valence-electron chi connectivity index (χ1n) is 29.4. The summed E-state index contributed by atoms with van der Waals surface area (Å²) in [6, 6.07) is 0. The largest absolute Gasteiger partial charge is 0.462 e. The Morgan fingerprint density at radius 1 is 0.304 bits per heavy atom. The highest BCUT2D eigenvalue weighted by molar-refractivity contribution is 5.71. The first-order chi connectivity index (χ1) is 34.0. The van der Waals surface area contributed by atoms with Gasteiger partial charge in [-0.05, 0) is 70.6 Å². The van der Waals surface area contributed by atoms with Crippen molar-refractivity contribution in [3.8, 4) is 0 Å². The topological polar surface area (TPSA) is 78.9 Å². The molecule has 6 heteroatoms. The molecule has 1 atom stereocenters. The van der Waals surface area contributed by atoms with Crippen molar-refractivity contribution in [2.45, 2.75) is 297 Å². The predicted octanol–water partition coefficient (Wildman–Crippen LogP) is 19.8. The molecule has 0 N–H and O–H groups in total. The number of esters is 3. The lowest BCUT2D eigenvalue weighted by atomic mass is 10.0. The number of rotatable bonds is 53. The van der Waals surface area contributed by atoms with Crippen molar-refractivity contribution in [1.29, 1.82) is 0 Å². The van der Waals surface area contributed by atoms with E-state index in [9.17, 15) is 14.4 Å². The predicted molar refractivity (Wildman–Crippen MR) is 298 cm³/mol. The van der Waals surface area contributed by atoms with Crippen LogP contribution in [0.1, 0.15) is 290 Å². The molecule has 69 heavy (non-hydrogen) atoms. The molecule has 0 bridgehead atoms. The van der Waals surface area contributed by atoms with Gasteiger partial charge in [-0.3, -0.25) is 14.4 Å². The second-order valence-electron chi connectivity index (χ2n) is 19.5. The molecule has 0 aromatic carbocycles. The molecule has 0 aliphatic carbocycles. The number of allylic oxidation sites excluding steroid dienone is 12. The van der Waals surface area contributed by atoms with Crippen LogP contribution in [0, 0.1) is 0 Å². The molecule has 0 rings (SSSR count). The average molecular weight is 964 g/mol. The van der Waals surface area contributed by atoms with Gasteiger partial charge in [0.2, 0.25) is 0 Å². The minimum absolute atomic E-state index is 0.0856. The summed E-state index contributed by atoms with van der Waals surface area (Å²) in [4.78, 5) is 38.1. The number of carbonyl (C=O) groups excluding carboxylic acids is 3. The third kappa shape index (κ3) is 55.6. The van der Waals surface area contributed by atoms with E-state index in [1.165, 1.54) is 154 Å². The fourth-order valence-electron chi connectivity index (χ4n) is 8.33. The normalized spacial score (nSPS) is 12.6. The Hall–Kier alpha value is -3.15. The van der Waals surface area contributed by atoms with Crippen LogP contribution in [0.4, 0.5) is 0 Å². The second kappa shape index (κ2) is 57.4. The third-order valence-corrected chi connectivity index (χ3v) is 12.7. The SMILES string of the molecule is CC/C=C\C/C=C\C/C=C\C/C=C\C/C=C\C/C=C\CCCCC(=O)OCC(COC(=O)CCCCCCCCCCCCC)OC(=O)CCCCCCCCCCCCCCCCCCCCC. The molecule has 0 aromatic heterocycles. The van der Waals surface area contributed by atoms with Crippen molar-refractivity contribution in [3.05, 3.63) is 72.9 Å². The van der Waals surface area contributed by atoms with Gasteiger partial charge in [-0.15, -0.1) is 0 Å². The summed E-state index contributed by atoms with van der Waals surface area (Å²) in [6.45, 7) is 6.51. The molecular weight excluding hydrogens is 853 g/mol. The molecule has 0 aliphatic rings. The molecule has 6 nitrogen and oxygen atoms in total. The van der Waals surface area contributed by atoms with Crippen LogP contribution in [0.3, 0.4) is 0 Å². The lowest BCUT2D eigenvalue weighted by Gasteiger charge is -2.18. The zero-order chi connectivity index (χ0) is 50.0. The number of hydrogen-bond acceptors (Lipinski definition) is 6. The van der Waals surface area contributed by atoms with Crippen LogP contribution in [0.2, 0.25) is 0 Å². The average Bonchev–Trinajstić information content (AvgIpc) is 3.35. The molecule has 0 heterocycles. The van der Waals surface area contributed by atoms with Gasteiger partial charge in [0.05, 0.1) is 0 Å². The van der Waals surface area contributed by atoms with E-state index in [2.05, 4.69) is 93.7 Å². The highest BCUT2D eigenvalue weighted by atomic mass is 16.6. The molecule has 0 saturated carbocycles. The van der Waals surface area contributed by atoms with Crippen molar-refractivity contribution < 1.29 is 28.6 Å². The van der Waals surface area contributed by atoms with Gasteiger partial charge >= 0.3 is 17.9 Å². The Balaban J connectivity index is 4.38. The smallest absolute Gasteiger partial charge is 0.306 e. The number of carbonyl (C=O) groups is 3. The minimum atomic E-state index is -0.790. The fraction of sp³-hybridized carbons (Fsp3) is 0.762. The van der Waals surface area contributed by atoms with Gasteiger partial charge in [0.1, 0.15) is 13.2 Å². The molecule has 0 spiro atoms. The van der Waals surface area contributed by atoms with Crippen LogP contribution in [0.25, 0.3) is 0 Å². The van der Waals surface area contributed by atoms with Crippen molar-refractivity contribution in [3.63, 3.8) is 0 Å². The van der Waals surface area contributed by atoms with E-state index in [1.54, 1.807) is 0 Å². The lowest BCUT2D eigenvalue weighted by molar-refractivity contribution is -0.167. The van der Waals surface area contributed by atoms with Crippen molar-refractivity contribution in [2.24, 2.45) is 0 Å². The first kappa shape index (κ1) is 65.8. The summed E-state index contributed by atoms with van der Waals surface area (Å²) in [5.74, 6) is -0.919. The molecule has 0 aromatic rings. The second-order valence-corrected chi connectivity index (χ2v) is 19.5. The van der Waals surface area contributed by atoms with Gasteiger partial charge < -0.3 is 14.2 Å². The minimum Gasteiger partial charge on any atom is -0.462 e. The monoisotopic (exact) mass is 963 g/mol. The molecular formula is C63H110O6. The molecule has 0 saturated heterocycles. The van der Waals surface area contributed by atoms with Gasteiger partial charge in [0.25, 0.3) is 0 Å². The quantitative estimate of drug-likeness (QED) is 0.0262. The van der Waals surface area contributed by atoms with Crippen molar-refractivity contribution in [1.82, 2.24) is 0 Å². The van der Waals surface area contributed by atoms with Crippen LogP contribution >= 0.6 is 0 Å². The summed E-state index contributed by atoms with van der Waals surface area (Å²) < 4.78 is 16.8. The van der Waals surface area contributed by atoms with Crippen LogP contribution in [-0.4, -0.2) is 37.2 Å². The highest BCUT2D eigenvalue weighted by Crippen LogP contribution is 2.16.